The monoisotopic (exact) mass is 359 g/mol. The molecule has 0 spiro atoms. The van der Waals surface area contributed by atoms with E-state index in [2.05, 4.69) is 37.1 Å². The molecule has 0 atom stereocenters. The topological polar surface area (TPSA) is 21.6 Å². The third-order valence-electron chi connectivity index (χ3n) is 2.79. The van der Waals surface area contributed by atoms with E-state index in [1.54, 1.807) is 12.1 Å². The van der Waals surface area contributed by atoms with Crippen molar-refractivity contribution in [1.29, 1.82) is 0 Å². The van der Waals surface area contributed by atoms with Gasteiger partial charge in [0.1, 0.15) is 0 Å². The van der Waals surface area contributed by atoms with Crippen LogP contribution in [-0.4, -0.2) is 26.9 Å². The Morgan fingerprint density at radius 2 is 1.77 bits per heavy atom. The van der Waals surface area contributed by atoms with E-state index in [0.717, 1.165) is 17.7 Å². The molecule has 22 heavy (non-hydrogen) atoms. The van der Waals surface area contributed by atoms with Crippen LogP contribution in [0.4, 0.5) is 10.1 Å². The number of nitrogens with zero attached hydrogens (tertiary/aromatic N) is 1. The minimum absolute atomic E-state index is 0.266. The Hall–Kier alpha value is -2.17. The van der Waals surface area contributed by atoms with Crippen LogP contribution in [0.1, 0.15) is 24.5 Å². The van der Waals surface area contributed by atoms with Crippen LogP contribution in [0.3, 0.4) is 0 Å². The average Bonchev–Trinajstić information content (AvgIpc) is 2.54. The van der Waals surface area contributed by atoms with Crippen molar-refractivity contribution in [2.24, 2.45) is 4.99 Å². The van der Waals surface area contributed by atoms with Gasteiger partial charge in [0.05, 0.1) is 6.61 Å². The molecule has 0 aliphatic rings. The molecule has 2 aromatic rings. The molecule has 0 radical (unpaired) electrons. The summed E-state index contributed by atoms with van der Waals surface area (Å²) in [4.78, 5) is 3.99. The van der Waals surface area contributed by atoms with Crippen molar-refractivity contribution >= 4 is 26.0 Å². The molecule has 0 bridgehead atoms. The fourth-order valence-electron chi connectivity index (χ4n) is 1.72. The van der Waals surface area contributed by atoms with E-state index in [0.29, 0.717) is 12.2 Å². The Balaban J connectivity index is 2.14. The van der Waals surface area contributed by atoms with E-state index >= 15 is 0 Å². The van der Waals surface area contributed by atoms with Crippen molar-refractivity contribution in [3.63, 3.8) is 0 Å². The van der Waals surface area contributed by atoms with Gasteiger partial charge in [0.2, 0.25) is 0 Å². The van der Waals surface area contributed by atoms with Gasteiger partial charge in [0, 0.05) is 0 Å². The van der Waals surface area contributed by atoms with Gasteiger partial charge in [-0.1, -0.05) is 6.92 Å². The van der Waals surface area contributed by atoms with Crippen molar-refractivity contribution in [3.8, 4) is 17.6 Å². The van der Waals surface area contributed by atoms with Crippen molar-refractivity contribution in [1.82, 2.24) is 0 Å². The number of ether oxygens (including phenoxy) is 1. The van der Waals surface area contributed by atoms with Crippen LogP contribution in [0.2, 0.25) is 0 Å². The molecular formula is C18H14FNOSe. The SMILES string of the molecule is CCCOc1ccc(C#Cc2ccc(N=C=[Se])cc2)cc1F. The summed E-state index contributed by atoms with van der Waals surface area (Å²) in [5, 5.41) is 0. The Morgan fingerprint density at radius 3 is 2.41 bits per heavy atom. The summed E-state index contributed by atoms with van der Waals surface area (Å²) in [5.41, 5.74) is 2.25. The summed E-state index contributed by atoms with van der Waals surface area (Å²) in [6.07, 6.45) is 0.842. The Kier molecular flexibility index (Phi) is 6.12. The number of halogens is 1. The van der Waals surface area contributed by atoms with E-state index in [9.17, 15) is 4.39 Å². The molecule has 0 saturated carbocycles. The van der Waals surface area contributed by atoms with Gasteiger partial charge in [0.25, 0.3) is 0 Å². The fourth-order valence-corrected chi connectivity index (χ4v) is 1.95. The second-order valence-corrected chi connectivity index (χ2v) is 4.88. The van der Waals surface area contributed by atoms with Crippen LogP contribution < -0.4 is 4.74 Å². The minimum atomic E-state index is -0.389. The standard InChI is InChI=1S/C18H14FNOSe/c1-2-11-21-18-10-7-15(12-17(18)19)4-3-14-5-8-16(9-6-14)20-13-22/h5-10,12H,2,11H2,1H3. The zero-order chi connectivity index (χ0) is 15.8. The molecule has 0 N–H and O–H groups in total. The van der Waals surface area contributed by atoms with Gasteiger partial charge in [-0.05, 0) is 6.42 Å². The zero-order valence-electron chi connectivity index (χ0n) is 12.1. The number of hydrogen-bond acceptors (Lipinski definition) is 2. The fraction of sp³-hybridized carbons (Fsp3) is 0.167. The third-order valence-corrected chi connectivity index (χ3v) is 2.98. The Bertz CT molecular complexity index is 753. The summed E-state index contributed by atoms with van der Waals surface area (Å²) < 4.78 is 21.7. The summed E-state index contributed by atoms with van der Waals surface area (Å²) in [7, 11) is 0. The predicted octanol–water partition coefficient (Wildman–Crippen LogP) is 3.72. The summed E-state index contributed by atoms with van der Waals surface area (Å²) >= 11 is 2.58. The molecule has 0 aliphatic carbocycles. The molecular weight excluding hydrogens is 344 g/mol. The first-order valence-electron chi connectivity index (χ1n) is 6.85. The molecule has 110 valence electrons. The molecule has 2 nitrogen and oxygen atoms in total. The number of aliphatic imine (C=N–C) groups is 1. The van der Waals surface area contributed by atoms with Crippen molar-refractivity contribution in [3.05, 3.63) is 59.4 Å². The summed E-state index contributed by atoms with van der Waals surface area (Å²) in [6, 6.07) is 12.2. The molecule has 0 unspecified atom stereocenters. The number of hydrogen-bond donors (Lipinski definition) is 0. The first-order chi connectivity index (χ1) is 10.7. The van der Waals surface area contributed by atoms with Crippen LogP contribution in [0, 0.1) is 17.7 Å². The molecule has 4 heteroatoms. The van der Waals surface area contributed by atoms with Crippen LogP contribution in [0.15, 0.2) is 47.5 Å². The maximum atomic E-state index is 13.8. The maximum absolute atomic E-state index is 13.8. The van der Waals surface area contributed by atoms with Crippen molar-refractivity contribution in [2.45, 2.75) is 13.3 Å². The summed E-state index contributed by atoms with van der Waals surface area (Å²) in [5.74, 6) is 5.81. The second-order valence-electron chi connectivity index (χ2n) is 4.49. The predicted molar refractivity (Wildman–Crippen MR) is 87.5 cm³/mol. The van der Waals surface area contributed by atoms with Crippen LogP contribution in [0.5, 0.6) is 5.75 Å². The first kappa shape index (κ1) is 16.2. The molecule has 0 heterocycles. The zero-order valence-corrected chi connectivity index (χ0v) is 13.8. The first-order valence-corrected chi connectivity index (χ1v) is 7.71. The molecule has 2 aromatic carbocycles. The van der Waals surface area contributed by atoms with Gasteiger partial charge >= 0.3 is 112 Å². The van der Waals surface area contributed by atoms with Gasteiger partial charge in [-0.3, -0.25) is 0 Å². The van der Waals surface area contributed by atoms with Crippen LogP contribution >= 0.6 is 0 Å². The average molecular weight is 358 g/mol. The Labute approximate surface area is 137 Å². The van der Waals surface area contributed by atoms with E-state index in [1.165, 1.54) is 6.07 Å². The van der Waals surface area contributed by atoms with Crippen molar-refractivity contribution < 1.29 is 9.13 Å². The molecule has 0 aliphatic heterocycles. The van der Waals surface area contributed by atoms with Crippen LogP contribution in [0.25, 0.3) is 0 Å². The van der Waals surface area contributed by atoms with Gasteiger partial charge < -0.3 is 4.74 Å². The summed E-state index contributed by atoms with van der Waals surface area (Å²) in [6.45, 7) is 2.48. The van der Waals surface area contributed by atoms with E-state index in [4.69, 9.17) is 4.74 Å². The quantitative estimate of drug-likeness (QED) is 0.464. The second kappa shape index (κ2) is 8.32. The molecule has 0 aromatic heterocycles. The molecule has 0 amide bonds. The van der Waals surface area contributed by atoms with E-state index in [-0.39, 0.29) is 11.6 Å². The van der Waals surface area contributed by atoms with Crippen LogP contribution in [-0.2, 0) is 0 Å². The normalized spacial score (nSPS) is 9.36. The van der Waals surface area contributed by atoms with Gasteiger partial charge in [-0.15, -0.1) is 0 Å². The Morgan fingerprint density at radius 1 is 1.09 bits per heavy atom. The van der Waals surface area contributed by atoms with E-state index < -0.39 is 0 Å². The molecule has 0 fully saturated rings. The van der Waals surface area contributed by atoms with Crippen molar-refractivity contribution in [2.75, 3.05) is 6.61 Å². The van der Waals surface area contributed by atoms with Gasteiger partial charge in [-0.2, -0.15) is 0 Å². The molecule has 0 saturated heterocycles. The molecule has 2 rings (SSSR count). The number of rotatable bonds is 4. The third kappa shape index (κ3) is 4.69. The van der Waals surface area contributed by atoms with E-state index in [1.807, 2.05) is 31.2 Å². The van der Waals surface area contributed by atoms with Gasteiger partial charge in [-0.25, -0.2) is 0 Å². The number of benzene rings is 2. The van der Waals surface area contributed by atoms with Gasteiger partial charge in [0.15, 0.2) is 0 Å².